The molecule has 23 heavy (non-hydrogen) atoms. The zero-order valence-electron chi connectivity index (χ0n) is 12.2. The largest absolute Gasteiger partial charge is 0.287 e. The fourth-order valence-corrected chi connectivity index (χ4v) is 3.22. The minimum atomic E-state index is -0.857. The molecule has 3 rings (SSSR count). The van der Waals surface area contributed by atoms with E-state index in [-0.39, 0.29) is 5.56 Å². The van der Waals surface area contributed by atoms with Gasteiger partial charge >= 0.3 is 0 Å². The van der Waals surface area contributed by atoms with Crippen LogP contribution in [0.2, 0.25) is 0 Å². The molecular weight excluding hydrogens is 318 g/mol. The number of carbonyl (C=O) groups excluding carboxylic acids is 1. The predicted octanol–water partition coefficient (Wildman–Crippen LogP) is 4.23. The summed E-state index contributed by atoms with van der Waals surface area (Å²) in [5.41, 5.74) is 0.587. The fraction of sp³-hybridized carbons (Fsp3) is 0.176. The molecule has 0 bridgehead atoms. The van der Waals surface area contributed by atoms with Crippen LogP contribution in [0.5, 0.6) is 0 Å². The molecule has 1 saturated heterocycles. The van der Waals surface area contributed by atoms with Gasteiger partial charge in [-0.15, -0.1) is 0 Å². The number of amidine groups is 1. The highest BCUT2D eigenvalue weighted by Crippen LogP contribution is 2.24. The number of halogens is 2. The lowest BCUT2D eigenvalue weighted by molar-refractivity contribution is 0.0844. The second kappa shape index (κ2) is 6.91. The van der Waals surface area contributed by atoms with Crippen LogP contribution in [0.25, 0.3) is 0 Å². The summed E-state index contributed by atoms with van der Waals surface area (Å²) in [7, 11) is 0. The van der Waals surface area contributed by atoms with E-state index in [2.05, 4.69) is 4.99 Å². The van der Waals surface area contributed by atoms with Crippen molar-refractivity contribution in [3.05, 3.63) is 65.7 Å². The van der Waals surface area contributed by atoms with Gasteiger partial charge in [-0.1, -0.05) is 30.0 Å². The van der Waals surface area contributed by atoms with Crippen LogP contribution in [0.1, 0.15) is 16.8 Å². The summed E-state index contributed by atoms with van der Waals surface area (Å²) in [5, 5.41) is 0.538. The summed E-state index contributed by atoms with van der Waals surface area (Å²) < 4.78 is 26.9. The summed E-state index contributed by atoms with van der Waals surface area (Å²) in [4.78, 5) is 18.5. The number of aliphatic imine (C=N–C) groups is 1. The average molecular weight is 332 g/mol. The summed E-state index contributed by atoms with van der Waals surface area (Å²) >= 11 is 1.46. The van der Waals surface area contributed by atoms with E-state index in [1.807, 2.05) is 30.3 Å². The lowest BCUT2D eigenvalue weighted by Crippen LogP contribution is -2.39. The van der Waals surface area contributed by atoms with E-state index in [0.717, 1.165) is 30.0 Å². The number of hydrogen-bond donors (Lipinski definition) is 0. The average Bonchev–Trinajstić information content (AvgIpc) is 2.56. The number of rotatable bonds is 2. The highest BCUT2D eigenvalue weighted by Gasteiger charge is 2.26. The van der Waals surface area contributed by atoms with Crippen molar-refractivity contribution in [3.63, 3.8) is 0 Å². The van der Waals surface area contributed by atoms with E-state index in [1.54, 1.807) is 0 Å². The summed E-state index contributed by atoms with van der Waals surface area (Å²) in [6, 6.07) is 12.3. The fourth-order valence-electron chi connectivity index (χ4n) is 2.26. The maximum atomic E-state index is 13.9. The van der Waals surface area contributed by atoms with Gasteiger partial charge in [0.15, 0.2) is 5.17 Å². The number of nitrogens with zero attached hydrogens (tertiary/aromatic N) is 2. The van der Waals surface area contributed by atoms with E-state index in [1.165, 1.54) is 22.7 Å². The molecule has 1 aliphatic rings. The second-order valence-corrected chi connectivity index (χ2v) is 6.07. The molecule has 0 aromatic heterocycles. The van der Waals surface area contributed by atoms with Crippen molar-refractivity contribution in [3.8, 4) is 0 Å². The van der Waals surface area contributed by atoms with Gasteiger partial charge in [0.25, 0.3) is 5.91 Å². The molecule has 0 N–H and O–H groups in total. The van der Waals surface area contributed by atoms with Crippen LogP contribution in [-0.2, 0) is 0 Å². The van der Waals surface area contributed by atoms with Gasteiger partial charge in [0.05, 0.1) is 11.3 Å². The Labute approximate surface area is 137 Å². The van der Waals surface area contributed by atoms with Crippen molar-refractivity contribution < 1.29 is 13.6 Å². The molecule has 6 heteroatoms. The molecule has 0 spiro atoms. The van der Waals surface area contributed by atoms with Crippen LogP contribution in [0.3, 0.4) is 0 Å². The normalized spacial score (nSPS) is 16.6. The molecule has 0 aliphatic carbocycles. The smallest absolute Gasteiger partial charge is 0.262 e. The van der Waals surface area contributed by atoms with Crippen LogP contribution in [0, 0.1) is 11.6 Å². The maximum absolute atomic E-state index is 13.9. The lowest BCUT2D eigenvalue weighted by atomic mass is 10.2. The van der Waals surface area contributed by atoms with Crippen LogP contribution >= 0.6 is 11.8 Å². The third-order valence-electron chi connectivity index (χ3n) is 3.38. The Bertz CT molecular complexity index is 750. The monoisotopic (exact) mass is 332 g/mol. The molecule has 0 saturated carbocycles. The minimum Gasteiger partial charge on any atom is -0.287 e. The highest BCUT2D eigenvalue weighted by atomic mass is 32.2. The number of thioether (sulfide) groups is 1. The van der Waals surface area contributed by atoms with E-state index in [9.17, 15) is 13.6 Å². The molecule has 1 fully saturated rings. The Balaban J connectivity index is 1.92. The SMILES string of the molecule is O=C(c1ccc(F)cc1F)N1CCCSC1=Nc1ccccc1. The van der Waals surface area contributed by atoms with Crippen LogP contribution in [-0.4, -0.2) is 28.3 Å². The maximum Gasteiger partial charge on any atom is 0.262 e. The Kier molecular flexibility index (Phi) is 4.71. The first-order valence-corrected chi connectivity index (χ1v) is 8.17. The molecule has 2 aromatic rings. The molecule has 2 aromatic carbocycles. The van der Waals surface area contributed by atoms with Crippen molar-refractivity contribution in [2.45, 2.75) is 6.42 Å². The van der Waals surface area contributed by atoms with Gasteiger partial charge in [0, 0.05) is 18.4 Å². The zero-order chi connectivity index (χ0) is 16.2. The third-order valence-corrected chi connectivity index (χ3v) is 4.44. The van der Waals surface area contributed by atoms with Gasteiger partial charge < -0.3 is 0 Å². The van der Waals surface area contributed by atoms with Crippen molar-refractivity contribution in [2.24, 2.45) is 4.99 Å². The van der Waals surface area contributed by atoms with Gasteiger partial charge in [-0.3, -0.25) is 9.69 Å². The standard InChI is InChI=1S/C17H14F2N2OS/c18-12-7-8-14(15(19)11-12)16(22)21-9-4-10-23-17(21)20-13-5-2-1-3-6-13/h1-3,5-8,11H,4,9-10H2. The van der Waals surface area contributed by atoms with Crippen molar-refractivity contribution in [2.75, 3.05) is 12.3 Å². The van der Waals surface area contributed by atoms with Crippen LogP contribution in [0.4, 0.5) is 14.5 Å². The van der Waals surface area contributed by atoms with Gasteiger partial charge in [0.1, 0.15) is 11.6 Å². The minimum absolute atomic E-state index is 0.144. The quantitative estimate of drug-likeness (QED) is 0.824. The highest BCUT2D eigenvalue weighted by molar-refractivity contribution is 8.13. The molecule has 1 heterocycles. The number of para-hydroxylation sites is 1. The Morgan fingerprint density at radius 2 is 1.91 bits per heavy atom. The number of benzene rings is 2. The number of carbonyl (C=O) groups is 1. The van der Waals surface area contributed by atoms with Gasteiger partial charge in [0.2, 0.25) is 0 Å². The van der Waals surface area contributed by atoms with Gasteiger partial charge in [-0.25, -0.2) is 13.8 Å². The molecule has 1 aliphatic heterocycles. The lowest BCUT2D eigenvalue weighted by Gasteiger charge is -2.28. The molecule has 1 amide bonds. The van der Waals surface area contributed by atoms with Crippen LogP contribution in [0.15, 0.2) is 53.5 Å². The predicted molar refractivity (Wildman–Crippen MR) is 88.0 cm³/mol. The van der Waals surface area contributed by atoms with Crippen molar-refractivity contribution in [1.29, 1.82) is 0 Å². The number of amides is 1. The Morgan fingerprint density at radius 3 is 2.65 bits per heavy atom. The molecular formula is C17H14F2N2OS. The molecule has 0 atom stereocenters. The Hall–Kier alpha value is -2.21. The first kappa shape index (κ1) is 15.7. The summed E-state index contributed by atoms with van der Waals surface area (Å²) in [6.45, 7) is 0.467. The summed E-state index contributed by atoms with van der Waals surface area (Å²) in [6.07, 6.45) is 0.799. The van der Waals surface area contributed by atoms with E-state index in [0.29, 0.717) is 11.7 Å². The van der Waals surface area contributed by atoms with Crippen molar-refractivity contribution >= 4 is 28.5 Å². The van der Waals surface area contributed by atoms with E-state index >= 15 is 0 Å². The third kappa shape index (κ3) is 3.59. The zero-order valence-corrected chi connectivity index (χ0v) is 13.0. The second-order valence-electron chi connectivity index (χ2n) is 5.01. The van der Waals surface area contributed by atoms with E-state index in [4.69, 9.17) is 0 Å². The Morgan fingerprint density at radius 1 is 1.13 bits per heavy atom. The van der Waals surface area contributed by atoms with E-state index < -0.39 is 17.5 Å². The molecule has 0 unspecified atom stereocenters. The molecule has 3 nitrogen and oxygen atoms in total. The molecule has 0 radical (unpaired) electrons. The first-order chi connectivity index (χ1) is 11.1. The number of hydrogen-bond acceptors (Lipinski definition) is 3. The van der Waals surface area contributed by atoms with Crippen molar-refractivity contribution in [1.82, 2.24) is 4.90 Å². The van der Waals surface area contributed by atoms with Gasteiger partial charge in [-0.2, -0.15) is 0 Å². The van der Waals surface area contributed by atoms with Crippen LogP contribution < -0.4 is 0 Å². The first-order valence-electron chi connectivity index (χ1n) is 7.18. The van der Waals surface area contributed by atoms with Gasteiger partial charge in [-0.05, 0) is 30.7 Å². The topological polar surface area (TPSA) is 32.7 Å². The molecule has 118 valence electrons. The summed E-state index contributed by atoms with van der Waals surface area (Å²) in [5.74, 6) is -1.21.